The van der Waals surface area contributed by atoms with Crippen molar-refractivity contribution >= 4 is 32.4 Å². The number of allylic oxidation sites excluding steroid dienone is 4. The first-order valence-electron chi connectivity index (χ1n) is 12.8. The Balaban J connectivity index is 0.00000109. The van der Waals surface area contributed by atoms with Crippen LogP contribution in [0.5, 0.6) is 0 Å². The maximum atomic E-state index is 4.89. The van der Waals surface area contributed by atoms with Gasteiger partial charge in [0.25, 0.3) is 0 Å². The first-order chi connectivity index (χ1) is 16.3. The molecule has 1 saturated heterocycles. The van der Waals surface area contributed by atoms with Crippen LogP contribution in [0.3, 0.4) is 0 Å². The Morgan fingerprint density at radius 3 is 1.94 bits per heavy atom. The molecule has 3 aliphatic rings. The van der Waals surface area contributed by atoms with Crippen molar-refractivity contribution in [1.82, 2.24) is 4.57 Å². The van der Waals surface area contributed by atoms with Gasteiger partial charge in [0, 0.05) is 0 Å². The number of fused-ring (bicyclic) bond motifs is 1. The predicted molar refractivity (Wildman–Crippen MR) is 160 cm³/mol. The summed E-state index contributed by atoms with van der Waals surface area (Å²) in [7, 11) is 8.16. The molecule has 3 nitrogen and oxygen atoms in total. The molecule has 0 amide bonds. The number of nitrogens with zero attached hydrogens (tertiary/aromatic N) is 3. The molecule has 36 heavy (non-hydrogen) atoms. The van der Waals surface area contributed by atoms with Crippen LogP contribution >= 0.6 is 18.6 Å². The third-order valence-electron chi connectivity index (χ3n) is 8.19. The Kier molecular flexibility index (Phi) is 11.6. The Morgan fingerprint density at radius 1 is 0.917 bits per heavy atom. The second-order valence-electron chi connectivity index (χ2n) is 12.8. The zero-order chi connectivity index (χ0) is 26.0. The molecule has 1 aromatic carbocycles. The van der Waals surface area contributed by atoms with E-state index >= 15 is 0 Å². The molecule has 0 aromatic heterocycles. The Labute approximate surface area is 239 Å². The molecule has 2 fully saturated rings. The van der Waals surface area contributed by atoms with Gasteiger partial charge in [0.15, 0.2) is 0 Å². The van der Waals surface area contributed by atoms with Crippen molar-refractivity contribution in [3.63, 3.8) is 0 Å². The minimum atomic E-state index is -1.62. The normalized spacial score (nSPS) is 24.9. The fourth-order valence-corrected chi connectivity index (χ4v) is 9.46. The summed E-state index contributed by atoms with van der Waals surface area (Å²) in [5.74, 6) is 1.29. The molecule has 0 spiro atoms. The maximum absolute atomic E-state index is 4.89. The second kappa shape index (κ2) is 13.0. The zero-order valence-corrected chi connectivity index (χ0v) is 27.9. The van der Waals surface area contributed by atoms with Crippen molar-refractivity contribution in [1.29, 1.82) is 0 Å². The van der Waals surface area contributed by atoms with Crippen molar-refractivity contribution in [3.05, 3.63) is 71.2 Å². The molecule has 4 rings (SSSR count). The van der Waals surface area contributed by atoms with E-state index in [0.29, 0.717) is 18.5 Å². The summed E-state index contributed by atoms with van der Waals surface area (Å²) >= 11 is -0.556. The zero-order valence-electron chi connectivity index (χ0n) is 23.8. The molecule has 7 heteroatoms. The topological polar surface area (TPSA) is 31.4 Å². The van der Waals surface area contributed by atoms with Gasteiger partial charge in [-0.2, -0.15) is 0 Å². The van der Waals surface area contributed by atoms with E-state index in [0.717, 1.165) is 18.9 Å². The van der Waals surface area contributed by atoms with Crippen molar-refractivity contribution in [2.45, 2.75) is 83.8 Å². The van der Waals surface area contributed by atoms with E-state index in [-0.39, 0.29) is 18.3 Å². The molecule has 2 aliphatic carbocycles. The van der Waals surface area contributed by atoms with Gasteiger partial charge in [-0.15, -0.1) is 13.3 Å². The van der Waals surface area contributed by atoms with Crippen LogP contribution < -0.4 is 0 Å². The number of hydrogen-bond acceptors (Lipinski definition) is 1. The fraction of sp³-hybridized carbons (Fsp3) is 0.621. The molecular formula is C29H46Cl2N3SiTi+. The number of halogens is 2. The number of rotatable bonds is 3. The van der Waals surface area contributed by atoms with Crippen molar-refractivity contribution in [2.75, 3.05) is 20.0 Å². The van der Waals surface area contributed by atoms with E-state index < -0.39 is 25.3 Å². The number of benzene rings is 1. The van der Waals surface area contributed by atoms with Gasteiger partial charge >= 0.3 is 35.6 Å². The molecule has 0 radical (unpaired) electrons. The fourth-order valence-electron chi connectivity index (χ4n) is 5.91. The SMILES string of the molecule is CC(C)(C)c1cc(C2=CC=CC3C2CCC3[Si](C)(C)N2C[N-]C[N-]C2)cc(C(C)(C)C)c1.[CH3-].[Cl][Ti+4][Cl]. The first-order valence-corrected chi connectivity index (χ1v) is 20.2. The molecule has 0 N–H and O–H groups in total. The Hall–Kier alpha value is 0.0912. The van der Waals surface area contributed by atoms with E-state index in [9.17, 15) is 0 Å². The average molecular weight is 584 g/mol. The monoisotopic (exact) mass is 582 g/mol. The van der Waals surface area contributed by atoms with Crippen molar-refractivity contribution in [3.8, 4) is 0 Å². The van der Waals surface area contributed by atoms with Crippen LogP contribution in [0.4, 0.5) is 0 Å². The third-order valence-corrected chi connectivity index (χ3v) is 12.6. The van der Waals surface area contributed by atoms with E-state index in [4.69, 9.17) is 18.6 Å². The van der Waals surface area contributed by atoms with Crippen LogP contribution in [0.1, 0.15) is 71.1 Å². The van der Waals surface area contributed by atoms with Gasteiger partial charge in [-0.25, -0.2) is 0 Å². The minimum absolute atomic E-state index is 0. The summed E-state index contributed by atoms with van der Waals surface area (Å²) < 4.78 is 2.62. The van der Waals surface area contributed by atoms with Crippen molar-refractivity contribution in [2.24, 2.45) is 11.8 Å². The molecule has 198 valence electrons. The molecule has 3 unspecified atom stereocenters. The van der Waals surface area contributed by atoms with Crippen LogP contribution in [0.15, 0.2) is 36.4 Å². The van der Waals surface area contributed by atoms with Crippen LogP contribution in [-0.4, -0.2) is 32.8 Å². The molecular weight excluding hydrogens is 537 g/mol. The summed E-state index contributed by atoms with van der Waals surface area (Å²) in [6, 6.07) is 7.40. The molecule has 1 aromatic rings. The average Bonchev–Trinajstić information content (AvgIpc) is 3.24. The van der Waals surface area contributed by atoms with Crippen LogP contribution in [0, 0.1) is 19.3 Å². The third kappa shape index (κ3) is 7.39. The van der Waals surface area contributed by atoms with E-state index in [1.165, 1.54) is 29.5 Å². The molecule has 3 atom stereocenters. The van der Waals surface area contributed by atoms with Crippen molar-refractivity contribution < 1.29 is 17.0 Å². The van der Waals surface area contributed by atoms with Gasteiger partial charge in [-0.3, -0.25) is 6.67 Å². The van der Waals surface area contributed by atoms with Gasteiger partial charge in [-0.1, -0.05) is 97.5 Å². The molecule has 1 aliphatic heterocycles. The molecule has 1 heterocycles. The van der Waals surface area contributed by atoms with Crippen LogP contribution in [0.25, 0.3) is 16.2 Å². The van der Waals surface area contributed by atoms with Crippen LogP contribution in [-0.2, 0) is 27.9 Å². The van der Waals surface area contributed by atoms with Gasteiger partial charge < -0.3 is 22.6 Å². The van der Waals surface area contributed by atoms with Gasteiger partial charge in [-0.05, 0) is 56.9 Å². The van der Waals surface area contributed by atoms with Crippen LogP contribution in [0.2, 0.25) is 18.6 Å². The molecule has 1 saturated carbocycles. The Morgan fingerprint density at radius 2 is 1.44 bits per heavy atom. The summed E-state index contributed by atoms with van der Waals surface area (Å²) in [6.45, 7) is 21.6. The summed E-state index contributed by atoms with van der Waals surface area (Å²) in [4.78, 5) is 0. The summed E-state index contributed by atoms with van der Waals surface area (Å²) in [6.07, 6.45) is 9.92. The number of hydrogen-bond donors (Lipinski definition) is 0. The Bertz CT molecular complexity index is 895. The van der Waals surface area contributed by atoms with E-state index in [2.05, 4.69) is 106 Å². The van der Waals surface area contributed by atoms with E-state index in [1.807, 2.05) is 0 Å². The van der Waals surface area contributed by atoms with Gasteiger partial charge in [0.05, 0.1) is 0 Å². The predicted octanol–water partition coefficient (Wildman–Crippen LogP) is 9.60. The van der Waals surface area contributed by atoms with E-state index in [1.54, 1.807) is 5.57 Å². The quantitative estimate of drug-likeness (QED) is 0.258. The standard InChI is InChI=1S/C28H43N3Si.CH3.2ClH.Ti/c1-27(2,3)21-14-20(15-22(16-21)28(4,5)6)23-10-9-11-25-24(23)12-13-26(25)32(7,8)31-18-29-17-30-19-31;;;;/h9-11,14-16,24-26H,12-13,17-19H2,1-8H3;1H3;2*1H;/q-2;-1;;;+6/p-2. The van der Waals surface area contributed by atoms with Gasteiger partial charge in [0.2, 0.25) is 0 Å². The molecule has 0 bridgehead atoms. The second-order valence-corrected chi connectivity index (χ2v) is 20.1. The summed E-state index contributed by atoms with van der Waals surface area (Å²) in [5.41, 5.74) is 6.98. The van der Waals surface area contributed by atoms with Gasteiger partial charge in [0.1, 0.15) is 8.24 Å². The summed E-state index contributed by atoms with van der Waals surface area (Å²) in [5, 5.41) is 9.19. The first kappa shape index (κ1) is 32.3.